The van der Waals surface area contributed by atoms with E-state index in [2.05, 4.69) is 52.0 Å². The first-order valence-electron chi connectivity index (χ1n) is 7.67. The van der Waals surface area contributed by atoms with E-state index in [-0.39, 0.29) is 0 Å². The van der Waals surface area contributed by atoms with Gasteiger partial charge in [-0.2, -0.15) is 0 Å². The van der Waals surface area contributed by atoms with Crippen molar-refractivity contribution in [2.45, 2.75) is 47.5 Å². The van der Waals surface area contributed by atoms with E-state index in [0.717, 1.165) is 11.9 Å². The van der Waals surface area contributed by atoms with Crippen LogP contribution in [0.1, 0.15) is 47.5 Å². The maximum absolute atomic E-state index is 10.3. The summed E-state index contributed by atoms with van der Waals surface area (Å²) in [6.07, 6.45) is 17.8. The van der Waals surface area contributed by atoms with Gasteiger partial charge in [-0.25, -0.2) is 0 Å². The second kappa shape index (κ2) is 7.97. The second-order valence-electron chi connectivity index (χ2n) is 6.70. The van der Waals surface area contributed by atoms with E-state index in [1.54, 1.807) is 6.08 Å². The van der Waals surface area contributed by atoms with Crippen LogP contribution in [0, 0.1) is 11.3 Å². The molecule has 0 heterocycles. The molecule has 0 amide bonds. The van der Waals surface area contributed by atoms with Gasteiger partial charge in [0.05, 0.1) is 0 Å². The van der Waals surface area contributed by atoms with Crippen LogP contribution < -0.4 is 0 Å². The molecule has 0 bridgehead atoms. The summed E-state index contributed by atoms with van der Waals surface area (Å²) in [4.78, 5) is 10.3. The number of rotatable bonds is 5. The summed E-state index contributed by atoms with van der Waals surface area (Å²) >= 11 is 0. The molecule has 0 fully saturated rings. The number of hydrogen-bond donors (Lipinski definition) is 0. The van der Waals surface area contributed by atoms with Crippen LogP contribution in [0.25, 0.3) is 0 Å². The van der Waals surface area contributed by atoms with Crippen LogP contribution in [0.15, 0.2) is 59.3 Å². The normalized spacial score (nSPS) is 23.7. The Balaban J connectivity index is 2.73. The predicted octanol–water partition coefficient (Wildman–Crippen LogP) is 5.57. The van der Waals surface area contributed by atoms with Gasteiger partial charge in [0, 0.05) is 5.92 Å². The molecule has 0 aliphatic heterocycles. The first kappa shape index (κ1) is 17.4. The molecule has 0 aromatic carbocycles. The van der Waals surface area contributed by atoms with Crippen LogP contribution in [0.5, 0.6) is 0 Å². The number of hydrogen-bond acceptors (Lipinski definition) is 1. The Hall–Kier alpha value is -1.63. The molecule has 114 valence electrons. The van der Waals surface area contributed by atoms with Gasteiger partial charge in [0.25, 0.3) is 0 Å². The molecule has 0 aromatic heterocycles. The minimum atomic E-state index is 0.343. The fourth-order valence-electron chi connectivity index (χ4n) is 2.44. The van der Waals surface area contributed by atoms with E-state index in [1.807, 2.05) is 19.1 Å². The van der Waals surface area contributed by atoms with Crippen LogP contribution in [0.3, 0.4) is 0 Å². The van der Waals surface area contributed by atoms with Gasteiger partial charge in [-0.3, -0.25) is 4.79 Å². The van der Waals surface area contributed by atoms with Gasteiger partial charge in [0.2, 0.25) is 0 Å². The van der Waals surface area contributed by atoms with Gasteiger partial charge in [0.15, 0.2) is 0 Å². The Kier molecular flexibility index (Phi) is 6.61. The van der Waals surface area contributed by atoms with Crippen molar-refractivity contribution < 1.29 is 4.79 Å². The molecular formula is C20H28O. The summed E-state index contributed by atoms with van der Waals surface area (Å²) in [5.41, 5.74) is 4.03. The highest BCUT2D eigenvalue weighted by molar-refractivity contribution is 5.66. The lowest BCUT2D eigenvalue weighted by atomic mass is 9.70. The summed E-state index contributed by atoms with van der Waals surface area (Å²) in [5.74, 6) is 0.510. The maximum Gasteiger partial charge on any atom is 0.143 e. The largest absolute Gasteiger partial charge is 0.299 e. The van der Waals surface area contributed by atoms with Gasteiger partial charge in [0.1, 0.15) is 6.29 Å². The zero-order valence-corrected chi connectivity index (χ0v) is 14.0. The summed E-state index contributed by atoms with van der Waals surface area (Å²) in [7, 11) is 0. The molecule has 0 radical (unpaired) electrons. The molecule has 21 heavy (non-hydrogen) atoms. The van der Waals surface area contributed by atoms with Gasteiger partial charge in [-0.05, 0) is 50.7 Å². The molecule has 0 saturated heterocycles. The number of carbonyl (C=O) groups excluding carboxylic acids is 1. The Morgan fingerprint density at radius 1 is 1.19 bits per heavy atom. The lowest BCUT2D eigenvalue weighted by Gasteiger charge is -2.35. The fraction of sp³-hybridized carbons (Fsp3) is 0.450. The third-order valence-corrected chi connectivity index (χ3v) is 4.15. The molecule has 0 N–H and O–H groups in total. The number of allylic oxidation sites excluding steroid dienone is 10. The average molecular weight is 284 g/mol. The van der Waals surface area contributed by atoms with Crippen molar-refractivity contribution in [1.82, 2.24) is 0 Å². The summed E-state index contributed by atoms with van der Waals surface area (Å²) in [6, 6.07) is 0. The van der Waals surface area contributed by atoms with Crippen LogP contribution in [-0.2, 0) is 4.79 Å². The lowest BCUT2D eigenvalue weighted by molar-refractivity contribution is -0.104. The molecule has 0 saturated carbocycles. The van der Waals surface area contributed by atoms with Crippen molar-refractivity contribution in [2.75, 3.05) is 0 Å². The molecule has 1 aliphatic carbocycles. The zero-order chi connectivity index (χ0) is 15.9. The third-order valence-electron chi connectivity index (χ3n) is 4.15. The Bertz CT molecular complexity index is 510. The fourth-order valence-corrected chi connectivity index (χ4v) is 2.44. The molecular weight excluding hydrogens is 256 g/mol. The van der Waals surface area contributed by atoms with Crippen LogP contribution in [0.2, 0.25) is 0 Å². The Morgan fingerprint density at radius 3 is 2.52 bits per heavy atom. The molecule has 1 aliphatic rings. The summed E-state index contributed by atoms with van der Waals surface area (Å²) < 4.78 is 0. The van der Waals surface area contributed by atoms with Gasteiger partial charge < -0.3 is 0 Å². The van der Waals surface area contributed by atoms with E-state index in [0.29, 0.717) is 11.3 Å². The predicted molar refractivity (Wildman–Crippen MR) is 92.1 cm³/mol. The number of aldehydes is 1. The molecule has 1 atom stereocenters. The van der Waals surface area contributed by atoms with Crippen molar-refractivity contribution in [3.05, 3.63) is 59.3 Å². The molecule has 1 heteroatoms. The van der Waals surface area contributed by atoms with Crippen molar-refractivity contribution in [3.8, 4) is 0 Å². The van der Waals surface area contributed by atoms with E-state index in [1.165, 1.54) is 24.0 Å². The lowest BCUT2D eigenvalue weighted by Crippen LogP contribution is -2.24. The van der Waals surface area contributed by atoms with Crippen LogP contribution in [-0.4, -0.2) is 6.29 Å². The third kappa shape index (κ3) is 6.12. The zero-order valence-electron chi connectivity index (χ0n) is 14.0. The van der Waals surface area contributed by atoms with Crippen LogP contribution >= 0.6 is 0 Å². The Labute approximate surface area is 129 Å². The van der Waals surface area contributed by atoms with Gasteiger partial charge >= 0.3 is 0 Å². The molecule has 1 rings (SSSR count). The molecule has 0 aromatic rings. The van der Waals surface area contributed by atoms with E-state index < -0.39 is 0 Å². The first-order valence-corrected chi connectivity index (χ1v) is 7.67. The molecule has 1 unspecified atom stereocenters. The minimum Gasteiger partial charge on any atom is -0.299 e. The summed E-state index contributed by atoms with van der Waals surface area (Å²) in [5, 5.41) is 0. The van der Waals surface area contributed by atoms with E-state index >= 15 is 0 Å². The Morgan fingerprint density at radius 2 is 1.86 bits per heavy atom. The molecule has 0 spiro atoms. The van der Waals surface area contributed by atoms with Gasteiger partial charge in [-0.15, -0.1) is 0 Å². The van der Waals surface area contributed by atoms with E-state index in [9.17, 15) is 4.79 Å². The monoisotopic (exact) mass is 284 g/mol. The van der Waals surface area contributed by atoms with Crippen molar-refractivity contribution in [1.29, 1.82) is 0 Å². The standard InChI is InChI=1S/C20H28O/c1-16(7-6-8-17(2)12-14-21)9-10-19-15-18(3)11-13-20(19,4)5/h6-10,12,14-15,19H,11,13H2,1-5H3/b8-6+,10-9+,16-7+,17-12+. The van der Waals surface area contributed by atoms with Gasteiger partial charge in [-0.1, -0.05) is 61.4 Å². The maximum atomic E-state index is 10.3. The average Bonchev–Trinajstić information content (AvgIpc) is 2.40. The highest BCUT2D eigenvalue weighted by atomic mass is 16.1. The van der Waals surface area contributed by atoms with Crippen molar-refractivity contribution in [2.24, 2.45) is 11.3 Å². The first-order chi connectivity index (χ1) is 9.85. The molecule has 1 nitrogen and oxygen atoms in total. The topological polar surface area (TPSA) is 17.1 Å². The SMILES string of the molecule is CC1=CC(/C=C/C(C)=C/C=C/C(C)=C/C=O)C(C)(C)CC1. The van der Waals surface area contributed by atoms with Crippen molar-refractivity contribution >= 4 is 6.29 Å². The highest BCUT2D eigenvalue weighted by Gasteiger charge is 2.28. The van der Waals surface area contributed by atoms with Crippen LogP contribution in [0.4, 0.5) is 0 Å². The quantitative estimate of drug-likeness (QED) is 0.279. The van der Waals surface area contributed by atoms with E-state index in [4.69, 9.17) is 0 Å². The number of carbonyl (C=O) groups is 1. The smallest absolute Gasteiger partial charge is 0.143 e. The van der Waals surface area contributed by atoms with Crippen molar-refractivity contribution in [3.63, 3.8) is 0 Å². The second-order valence-corrected chi connectivity index (χ2v) is 6.70. The summed E-state index contributed by atoms with van der Waals surface area (Å²) in [6.45, 7) is 10.9. The minimum absolute atomic E-state index is 0.343. The highest BCUT2D eigenvalue weighted by Crippen LogP contribution is 2.40.